The lowest BCUT2D eigenvalue weighted by atomic mass is 10.1. The van der Waals surface area contributed by atoms with E-state index in [1.54, 1.807) is 40.0 Å². The number of nitrogens with one attached hydrogen (secondary N) is 2. The van der Waals surface area contributed by atoms with E-state index in [4.69, 9.17) is 4.74 Å². The fourth-order valence-corrected chi connectivity index (χ4v) is 6.54. The van der Waals surface area contributed by atoms with E-state index < -0.39 is 16.1 Å². The van der Waals surface area contributed by atoms with Crippen LogP contribution in [0.4, 0.5) is 17.1 Å². The number of carbonyl (C=O) groups excluding carboxylic acids is 1. The van der Waals surface area contributed by atoms with Gasteiger partial charge in [0.2, 0.25) is 15.9 Å². The number of piperazine rings is 1. The molecule has 1 amide bonds. The molecule has 10 heteroatoms. The Balaban J connectivity index is 1.29. The molecule has 2 heterocycles. The van der Waals surface area contributed by atoms with Crippen LogP contribution in [0.3, 0.4) is 0 Å². The molecular formula is C28H35N5O4S. The van der Waals surface area contributed by atoms with Crippen molar-refractivity contribution in [3.8, 4) is 5.75 Å². The minimum absolute atomic E-state index is 0.00615. The van der Waals surface area contributed by atoms with E-state index in [0.29, 0.717) is 22.6 Å². The summed E-state index contributed by atoms with van der Waals surface area (Å²) in [4.78, 5) is 21.6. The molecule has 1 unspecified atom stereocenters. The molecule has 1 aromatic heterocycles. The molecule has 1 aliphatic heterocycles. The minimum atomic E-state index is -3.80. The van der Waals surface area contributed by atoms with Gasteiger partial charge in [-0.3, -0.25) is 9.78 Å². The lowest BCUT2D eigenvalue weighted by molar-refractivity contribution is -0.116. The zero-order chi connectivity index (χ0) is 27.3. The van der Waals surface area contributed by atoms with E-state index in [0.717, 1.165) is 31.9 Å². The van der Waals surface area contributed by atoms with Crippen LogP contribution in [0.1, 0.15) is 24.5 Å². The molecule has 0 radical (unpaired) electrons. The third-order valence-corrected chi connectivity index (χ3v) is 8.50. The van der Waals surface area contributed by atoms with E-state index in [-0.39, 0.29) is 17.2 Å². The topological polar surface area (TPSA) is 104 Å². The Morgan fingerprint density at radius 2 is 1.47 bits per heavy atom. The molecule has 2 aromatic carbocycles. The molecule has 4 rings (SSSR count). The average Bonchev–Trinajstić information content (AvgIpc) is 2.88. The van der Waals surface area contributed by atoms with Crippen LogP contribution in [-0.2, 0) is 14.8 Å². The number of hydrogen-bond donors (Lipinski definition) is 2. The van der Waals surface area contributed by atoms with Crippen LogP contribution < -0.4 is 24.6 Å². The normalized spacial score (nSPS) is 14.7. The van der Waals surface area contributed by atoms with Gasteiger partial charge in [0.05, 0.1) is 12.0 Å². The smallest absolute Gasteiger partial charge is 0.241 e. The molecule has 2 N–H and O–H groups in total. The summed E-state index contributed by atoms with van der Waals surface area (Å²) in [5.74, 6) is 0.340. The lowest BCUT2D eigenvalue weighted by Gasteiger charge is -2.37. The van der Waals surface area contributed by atoms with Crippen LogP contribution in [0, 0.1) is 13.8 Å². The van der Waals surface area contributed by atoms with Crippen molar-refractivity contribution in [3.63, 3.8) is 0 Å². The molecule has 3 aromatic rings. The first-order valence-corrected chi connectivity index (χ1v) is 14.1. The Hall–Kier alpha value is -3.63. The molecule has 1 fully saturated rings. The van der Waals surface area contributed by atoms with Crippen LogP contribution >= 0.6 is 0 Å². The zero-order valence-electron chi connectivity index (χ0n) is 22.3. The van der Waals surface area contributed by atoms with E-state index in [9.17, 15) is 13.2 Å². The average molecular weight is 538 g/mol. The number of methoxy groups -OCH3 is 1. The maximum absolute atomic E-state index is 13.0. The molecule has 0 bridgehead atoms. The number of ether oxygens (including phenoxy) is 1. The van der Waals surface area contributed by atoms with Gasteiger partial charge in [-0.05, 0) is 80.4 Å². The van der Waals surface area contributed by atoms with Crippen LogP contribution in [0.2, 0.25) is 0 Å². The highest BCUT2D eigenvalue weighted by atomic mass is 32.2. The van der Waals surface area contributed by atoms with Gasteiger partial charge in [-0.2, -0.15) is 0 Å². The summed E-state index contributed by atoms with van der Waals surface area (Å²) < 4.78 is 33.9. The van der Waals surface area contributed by atoms with Crippen LogP contribution in [0.15, 0.2) is 65.8 Å². The van der Waals surface area contributed by atoms with Gasteiger partial charge in [0, 0.05) is 68.1 Å². The molecule has 0 spiro atoms. The molecule has 202 valence electrons. The quantitative estimate of drug-likeness (QED) is 0.429. The summed E-state index contributed by atoms with van der Waals surface area (Å²) in [7, 11) is -2.26. The molecule has 1 aliphatic rings. The van der Waals surface area contributed by atoms with Crippen molar-refractivity contribution in [1.82, 2.24) is 9.71 Å². The first-order chi connectivity index (χ1) is 18.2. The summed E-state index contributed by atoms with van der Waals surface area (Å²) in [6.45, 7) is 8.79. The van der Waals surface area contributed by atoms with Crippen LogP contribution in [0.25, 0.3) is 0 Å². The second-order valence-electron chi connectivity index (χ2n) is 9.59. The second-order valence-corrected chi connectivity index (χ2v) is 11.2. The van der Waals surface area contributed by atoms with Crippen molar-refractivity contribution in [2.24, 2.45) is 0 Å². The Morgan fingerprint density at radius 3 is 2.00 bits per heavy atom. The van der Waals surface area contributed by atoms with Crippen molar-refractivity contribution in [3.05, 3.63) is 72.1 Å². The number of anilines is 3. The van der Waals surface area contributed by atoms with E-state index in [1.165, 1.54) is 5.69 Å². The molecular weight excluding hydrogens is 502 g/mol. The van der Waals surface area contributed by atoms with Crippen molar-refractivity contribution in [2.75, 3.05) is 48.4 Å². The van der Waals surface area contributed by atoms with E-state index >= 15 is 0 Å². The zero-order valence-corrected chi connectivity index (χ0v) is 23.1. The fourth-order valence-electron chi connectivity index (χ4n) is 4.84. The number of aromatic nitrogens is 1. The predicted molar refractivity (Wildman–Crippen MR) is 151 cm³/mol. The van der Waals surface area contributed by atoms with Crippen molar-refractivity contribution >= 4 is 33.0 Å². The van der Waals surface area contributed by atoms with Gasteiger partial charge >= 0.3 is 0 Å². The summed E-state index contributed by atoms with van der Waals surface area (Å²) in [5.41, 5.74) is 4.13. The standard InChI is InChI=1S/C28H35N5O4S/c1-20-17-26(37-4)18-21(2)28(20)38(35,36)31-22(3)19-27(34)30-23-5-7-24(8-6-23)32-13-15-33(16-14-32)25-9-11-29-12-10-25/h5-12,17-18,22,31H,13-16,19H2,1-4H3,(H,30,34). The Labute approximate surface area is 224 Å². The molecule has 38 heavy (non-hydrogen) atoms. The highest BCUT2D eigenvalue weighted by Crippen LogP contribution is 2.26. The van der Waals surface area contributed by atoms with Gasteiger partial charge in [-0.1, -0.05) is 0 Å². The van der Waals surface area contributed by atoms with Crippen molar-refractivity contribution < 1.29 is 17.9 Å². The SMILES string of the molecule is COc1cc(C)c(S(=O)(=O)NC(C)CC(=O)Nc2ccc(N3CCN(c4ccncc4)CC3)cc2)c(C)c1. The van der Waals surface area contributed by atoms with Gasteiger partial charge in [0.25, 0.3) is 0 Å². The van der Waals surface area contributed by atoms with Crippen LogP contribution in [0.5, 0.6) is 5.75 Å². The molecule has 1 atom stereocenters. The number of aryl methyl sites for hydroxylation is 2. The molecule has 1 saturated heterocycles. The van der Waals surface area contributed by atoms with Gasteiger partial charge in [-0.25, -0.2) is 13.1 Å². The number of hydrogen-bond acceptors (Lipinski definition) is 7. The number of amides is 1. The summed E-state index contributed by atoms with van der Waals surface area (Å²) in [6.07, 6.45) is 3.63. The summed E-state index contributed by atoms with van der Waals surface area (Å²) in [5, 5.41) is 2.87. The van der Waals surface area contributed by atoms with Gasteiger partial charge in [-0.15, -0.1) is 0 Å². The number of nitrogens with zero attached hydrogens (tertiary/aromatic N) is 3. The Kier molecular flexibility index (Phi) is 8.53. The van der Waals surface area contributed by atoms with Gasteiger partial charge < -0.3 is 19.9 Å². The number of pyridine rings is 1. The highest BCUT2D eigenvalue weighted by Gasteiger charge is 2.24. The number of rotatable bonds is 9. The molecule has 9 nitrogen and oxygen atoms in total. The predicted octanol–water partition coefficient (Wildman–Crippen LogP) is 3.73. The first kappa shape index (κ1) is 27.4. The number of carbonyl (C=O) groups is 1. The fraction of sp³-hybridized carbons (Fsp3) is 0.357. The summed E-state index contributed by atoms with van der Waals surface area (Å²) >= 11 is 0. The Morgan fingerprint density at radius 1 is 0.947 bits per heavy atom. The maximum Gasteiger partial charge on any atom is 0.241 e. The van der Waals surface area contributed by atoms with Gasteiger partial charge in [0.15, 0.2) is 0 Å². The number of benzene rings is 2. The summed E-state index contributed by atoms with van der Waals surface area (Å²) in [6, 6.07) is 14.6. The molecule has 0 saturated carbocycles. The molecule has 0 aliphatic carbocycles. The van der Waals surface area contributed by atoms with Crippen LogP contribution in [-0.4, -0.2) is 58.6 Å². The number of sulfonamides is 1. The van der Waals surface area contributed by atoms with Crippen molar-refractivity contribution in [1.29, 1.82) is 0 Å². The third-order valence-electron chi connectivity index (χ3n) is 6.61. The van der Waals surface area contributed by atoms with Crippen molar-refractivity contribution in [2.45, 2.75) is 38.1 Å². The largest absolute Gasteiger partial charge is 0.497 e. The minimum Gasteiger partial charge on any atom is -0.497 e. The first-order valence-electron chi connectivity index (χ1n) is 12.6. The van der Waals surface area contributed by atoms with Gasteiger partial charge in [0.1, 0.15) is 5.75 Å². The Bertz CT molecular complexity index is 1330. The lowest BCUT2D eigenvalue weighted by Crippen LogP contribution is -2.46. The van der Waals surface area contributed by atoms with E-state index in [2.05, 4.69) is 24.8 Å². The highest BCUT2D eigenvalue weighted by molar-refractivity contribution is 7.89. The van der Waals surface area contributed by atoms with E-state index in [1.807, 2.05) is 48.8 Å². The third kappa shape index (κ3) is 6.62. The maximum atomic E-state index is 13.0. The monoisotopic (exact) mass is 537 g/mol. The second kappa shape index (κ2) is 11.8.